The average Bonchev–Trinajstić information content (AvgIpc) is 3.35. The van der Waals surface area contributed by atoms with E-state index in [1.165, 1.54) is 0 Å². The smallest absolute Gasteiger partial charge is 0.253 e. The van der Waals surface area contributed by atoms with Crippen molar-refractivity contribution < 1.29 is 24.0 Å². The lowest BCUT2D eigenvalue weighted by atomic mass is 9.77. The molecule has 1 aromatic carbocycles. The standard InChI is InChI=1S/C26H35N3O6/c1-3-35-20-6-4-19(5-7-20)25(32)27-11-8-26(9-12-27)10-13-28(17-26)24(31)15-21-22(16-29(33)34)18(2)14-23(21)30/h4-7,18,21-22H,3,8-17H2,1-2H3/t18-,21-,22+/m1/s1. The first-order valence-corrected chi connectivity index (χ1v) is 12.7. The number of hydrogen-bond acceptors (Lipinski definition) is 6. The number of carbonyl (C=O) groups excluding carboxylic acids is 3. The number of rotatable bonds is 7. The van der Waals surface area contributed by atoms with Gasteiger partial charge in [-0.15, -0.1) is 0 Å². The molecule has 9 heteroatoms. The van der Waals surface area contributed by atoms with Gasteiger partial charge >= 0.3 is 0 Å². The maximum atomic E-state index is 13.1. The summed E-state index contributed by atoms with van der Waals surface area (Å²) < 4.78 is 5.45. The Morgan fingerprint density at radius 2 is 1.74 bits per heavy atom. The van der Waals surface area contributed by atoms with Crippen LogP contribution in [-0.2, 0) is 9.59 Å². The Hall–Kier alpha value is -2.97. The average molecular weight is 486 g/mol. The van der Waals surface area contributed by atoms with Gasteiger partial charge in [0.05, 0.1) is 6.61 Å². The SMILES string of the molecule is CCOc1ccc(C(=O)N2CCC3(CCN(C(=O)C[C@H]4C(=O)C[C@@H](C)[C@@H]4C[N+](=O)[O-])C3)CC2)cc1. The van der Waals surface area contributed by atoms with Gasteiger partial charge in [-0.2, -0.15) is 0 Å². The quantitative estimate of drug-likeness (QED) is 0.434. The van der Waals surface area contributed by atoms with Gasteiger partial charge in [0.15, 0.2) is 0 Å². The van der Waals surface area contributed by atoms with Gasteiger partial charge in [0, 0.05) is 61.3 Å². The minimum absolute atomic E-state index is 0.00151. The van der Waals surface area contributed by atoms with Crippen LogP contribution < -0.4 is 4.74 Å². The Bertz CT molecular complexity index is 970. The monoisotopic (exact) mass is 485 g/mol. The third kappa shape index (κ3) is 5.49. The van der Waals surface area contributed by atoms with E-state index in [1.807, 2.05) is 35.8 Å². The highest BCUT2D eigenvalue weighted by Gasteiger charge is 2.47. The predicted molar refractivity (Wildman–Crippen MR) is 129 cm³/mol. The molecule has 0 bridgehead atoms. The van der Waals surface area contributed by atoms with Crippen LogP contribution in [0.3, 0.4) is 0 Å². The lowest BCUT2D eigenvalue weighted by Crippen LogP contribution is -2.45. The molecule has 0 radical (unpaired) electrons. The van der Waals surface area contributed by atoms with Gasteiger partial charge in [-0.1, -0.05) is 6.92 Å². The van der Waals surface area contributed by atoms with Crippen LogP contribution >= 0.6 is 0 Å². The van der Waals surface area contributed by atoms with E-state index in [0.29, 0.717) is 44.8 Å². The number of amides is 2. The van der Waals surface area contributed by atoms with Gasteiger partial charge in [0.1, 0.15) is 11.5 Å². The summed E-state index contributed by atoms with van der Waals surface area (Å²) in [6.45, 7) is 6.68. The molecule has 0 N–H and O–H groups in total. The molecule has 2 saturated heterocycles. The normalized spacial score (nSPS) is 25.8. The summed E-state index contributed by atoms with van der Waals surface area (Å²) in [5.74, 6) is -0.311. The molecule has 190 valence electrons. The maximum Gasteiger partial charge on any atom is 0.253 e. The molecule has 2 aliphatic heterocycles. The summed E-state index contributed by atoms with van der Waals surface area (Å²) >= 11 is 0. The van der Waals surface area contributed by atoms with E-state index in [2.05, 4.69) is 0 Å². The molecule has 35 heavy (non-hydrogen) atoms. The van der Waals surface area contributed by atoms with Crippen molar-refractivity contribution in [3.8, 4) is 5.75 Å². The number of carbonyl (C=O) groups is 3. The van der Waals surface area contributed by atoms with Crippen LogP contribution in [0.5, 0.6) is 5.75 Å². The third-order valence-corrected chi connectivity index (χ3v) is 8.25. The molecular formula is C26H35N3O6. The molecule has 3 aliphatic rings. The second-order valence-electron chi connectivity index (χ2n) is 10.5. The summed E-state index contributed by atoms with van der Waals surface area (Å²) in [7, 11) is 0. The van der Waals surface area contributed by atoms with Crippen molar-refractivity contribution in [3.05, 3.63) is 39.9 Å². The predicted octanol–water partition coefficient (Wildman–Crippen LogP) is 3.05. The first-order valence-electron chi connectivity index (χ1n) is 12.7. The Labute approximate surface area is 205 Å². The second kappa shape index (κ2) is 10.3. The number of piperidine rings is 1. The minimum atomic E-state index is -0.548. The van der Waals surface area contributed by atoms with Gasteiger partial charge in [-0.05, 0) is 61.8 Å². The minimum Gasteiger partial charge on any atom is -0.494 e. The second-order valence-corrected chi connectivity index (χ2v) is 10.5. The van der Waals surface area contributed by atoms with Gasteiger partial charge < -0.3 is 14.5 Å². The van der Waals surface area contributed by atoms with E-state index in [0.717, 1.165) is 25.0 Å². The number of likely N-dealkylation sites (tertiary alicyclic amines) is 2. The van der Waals surface area contributed by atoms with Crippen LogP contribution in [0.25, 0.3) is 0 Å². The van der Waals surface area contributed by atoms with Gasteiger partial charge in [-0.25, -0.2) is 0 Å². The maximum absolute atomic E-state index is 13.1. The molecule has 9 nitrogen and oxygen atoms in total. The van der Waals surface area contributed by atoms with E-state index < -0.39 is 5.92 Å². The Morgan fingerprint density at radius 3 is 2.34 bits per heavy atom. The highest BCUT2D eigenvalue weighted by Crippen LogP contribution is 2.42. The summed E-state index contributed by atoms with van der Waals surface area (Å²) in [6.07, 6.45) is 2.95. The fourth-order valence-corrected chi connectivity index (χ4v) is 6.10. The van der Waals surface area contributed by atoms with Crippen molar-refractivity contribution in [1.29, 1.82) is 0 Å². The van der Waals surface area contributed by atoms with E-state index in [1.54, 1.807) is 12.1 Å². The summed E-state index contributed by atoms with van der Waals surface area (Å²) in [5.41, 5.74) is 0.644. The fourth-order valence-electron chi connectivity index (χ4n) is 6.10. The molecule has 3 fully saturated rings. The van der Waals surface area contributed by atoms with Crippen molar-refractivity contribution in [3.63, 3.8) is 0 Å². The molecule has 2 heterocycles. The van der Waals surface area contributed by atoms with Crippen molar-refractivity contribution in [2.75, 3.05) is 39.3 Å². The molecule has 1 aromatic rings. The Kier molecular flexibility index (Phi) is 7.42. The molecule has 4 rings (SSSR count). The topological polar surface area (TPSA) is 110 Å². The molecule has 2 amide bonds. The molecular weight excluding hydrogens is 450 g/mol. The molecule has 1 spiro atoms. The number of ketones is 1. The molecule has 1 aliphatic carbocycles. The first-order chi connectivity index (χ1) is 16.7. The first kappa shape index (κ1) is 25.1. The van der Waals surface area contributed by atoms with E-state index in [4.69, 9.17) is 4.74 Å². The fraction of sp³-hybridized carbons (Fsp3) is 0.654. The summed E-state index contributed by atoms with van der Waals surface area (Å²) in [4.78, 5) is 52.9. The van der Waals surface area contributed by atoms with E-state index >= 15 is 0 Å². The number of nitrogens with zero attached hydrogens (tertiary/aromatic N) is 3. The molecule has 0 aromatic heterocycles. The third-order valence-electron chi connectivity index (χ3n) is 8.25. The molecule has 1 saturated carbocycles. The number of nitro groups is 1. The lowest BCUT2D eigenvalue weighted by molar-refractivity contribution is -0.490. The zero-order chi connectivity index (χ0) is 25.2. The van der Waals surface area contributed by atoms with Gasteiger partial charge in [0.25, 0.3) is 5.91 Å². The van der Waals surface area contributed by atoms with Crippen molar-refractivity contribution in [2.24, 2.45) is 23.2 Å². The number of ether oxygens (including phenoxy) is 1. The van der Waals surface area contributed by atoms with Crippen LogP contribution in [0.15, 0.2) is 24.3 Å². The zero-order valence-corrected chi connectivity index (χ0v) is 20.6. The number of hydrogen-bond donors (Lipinski definition) is 0. The van der Waals surface area contributed by atoms with Gasteiger partial charge in [0.2, 0.25) is 12.5 Å². The highest BCUT2D eigenvalue weighted by molar-refractivity contribution is 5.94. The van der Waals surface area contributed by atoms with Crippen molar-refractivity contribution in [2.45, 2.75) is 46.0 Å². The summed E-state index contributed by atoms with van der Waals surface area (Å²) in [6, 6.07) is 7.22. The van der Waals surface area contributed by atoms with Crippen LogP contribution in [-0.4, -0.2) is 71.7 Å². The number of Topliss-reactive ketones (excluding diaryl/α,β-unsaturated/α-hetero) is 1. The highest BCUT2D eigenvalue weighted by atomic mass is 16.6. The molecule has 3 atom stereocenters. The Morgan fingerprint density at radius 1 is 1.11 bits per heavy atom. The van der Waals surface area contributed by atoms with E-state index in [9.17, 15) is 24.5 Å². The Balaban J connectivity index is 1.30. The van der Waals surface area contributed by atoms with Crippen LogP contribution in [0, 0.1) is 33.3 Å². The number of benzene rings is 1. The van der Waals surface area contributed by atoms with Crippen LogP contribution in [0.2, 0.25) is 0 Å². The lowest BCUT2D eigenvalue weighted by Gasteiger charge is -2.39. The van der Waals surface area contributed by atoms with Crippen LogP contribution in [0.4, 0.5) is 0 Å². The summed E-state index contributed by atoms with van der Waals surface area (Å²) in [5, 5.41) is 11.1. The van der Waals surface area contributed by atoms with Gasteiger partial charge in [-0.3, -0.25) is 24.5 Å². The van der Waals surface area contributed by atoms with E-state index in [-0.39, 0.29) is 52.7 Å². The zero-order valence-electron chi connectivity index (χ0n) is 20.6. The largest absolute Gasteiger partial charge is 0.494 e. The molecule has 0 unspecified atom stereocenters. The van der Waals surface area contributed by atoms with Crippen molar-refractivity contribution >= 4 is 17.6 Å². The van der Waals surface area contributed by atoms with Crippen molar-refractivity contribution in [1.82, 2.24) is 9.80 Å². The van der Waals surface area contributed by atoms with Crippen LogP contribution in [0.1, 0.15) is 56.3 Å².